The zero-order valence-corrected chi connectivity index (χ0v) is 19.0. The van der Waals surface area contributed by atoms with Crippen molar-refractivity contribution in [3.8, 4) is 5.75 Å². The van der Waals surface area contributed by atoms with Crippen molar-refractivity contribution in [3.05, 3.63) is 56.5 Å². The number of fused-ring (bicyclic) bond motifs is 1. The van der Waals surface area contributed by atoms with Gasteiger partial charge in [0.05, 0.1) is 12.9 Å². The van der Waals surface area contributed by atoms with E-state index in [2.05, 4.69) is 4.98 Å². The summed E-state index contributed by atoms with van der Waals surface area (Å²) in [5.74, 6) is 1.02. The Kier molecular flexibility index (Phi) is 7.23. The highest BCUT2D eigenvalue weighted by Crippen LogP contribution is 2.16. The van der Waals surface area contributed by atoms with Crippen LogP contribution < -0.4 is 16.0 Å². The lowest BCUT2D eigenvalue weighted by Crippen LogP contribution is -2.44. The molecule has 0 aliphatic carbocycles. The maximum absolute atomic E-state index is 13.2. The number of rotatable bonds is 9. The van der Waals surface area contributed by atoms with Crippen molar-refractivity contribution in [1.82, 2.24) is 18.7 Å². The van der Waals surface area contributed by atoms with Crippen LogP contribution in [-0.4, -0.2) is 36.5 Å². The van der Waals surface area contributed by atoms with E-state index in [1.165, 1.54) is 4.57 Å². The Bertz CT molecular complexity index is 1150. The summed E-state index contributed by atoms with van der Waals surface area (Å²) < 4.78 is 9.95. The summed E-state index contributed by atoms with van der Waals surface area (Å²) in [5, 5.41) is 11.1. The Morgan fingerprint density at radius 2 is 1.65 bits per heavy atom. The van der Waals surface area contributed by atoms with Crippen molar-refractivity contribution in [2.24, 2.45) is 11.8 Å². The van der Waals surface area contributed by atoms with E-state index in [1.807, 2.05) is 27.7 Å². The van der Waals surface area contributed by atoms with E-state index in [4.69, 9.17) is 16.3 Å². The molecular formula is C22H29ClN4O4. The number of aromatic nitrogens is 4. The number of hydrogen-bond acceptors (Lipinski definition) is 5. The molecule has 0 fully saturated rings. The van der Waals surface area contributed by atoms with Crippen molar-refractivity contribution in [3.63, 3.8) is 0 Å². The second-order valence-electron chi connectivity index (χ2n) is 8.58. The van der Waals surface area contributed by atoms with Crippen LogP contribution in [0.5, 0.6) is 5.75 Å². The van der Waals surface area contributed by atoms with Gasteiger partial charge in [-0.1, -0.05) is 39.3 Å². The number of nitrogens with zero attached hydrogens (tertiary/aromatic N) is 4. The smallest absolute Gasteiger partial charge is 0.332 e. The summed E-state index contributed by atoms with van der Waals surface area (Å²) >= 11 is 5.86. The number of imidazole rings is 1. The van der Waals surface area contributed by atoms with Gasteiger partial charge in [0.1, 0.15) is 18.5 Å². The van der Waals surface area contributed by atoms with Crippen molar-refractivity contribution in [2.75, 3.05) is 6.61 Å². The Morgan fingerprint density at radius 3 is 2.26 bits per heavy atom. The number of benzene rings is 1. The van der Waals surface area contributed by atoms with Gasteiger partial charge < -0.3 is 14.4 Å². The molecule has 9 heteroatoms. The summed E-state index contributed by atoms with van der Waals surface area (Å²) in [4.78, 5) is 30.7. The minimum Gasteiger partial charge on any atom is -0.491 e. The molecule has 3 rings (SSSR count). The average molecular weight is 449 g/mol. The number of hydrogen-bond donors (Lipinski definition) is 1. The first-order valence-corrected chi connectivity index (χ1v) is 10.8. The Hall–Kier alpha value is -2.58. The van der Waals surface area contributed by atoms with Gasteiger partial charge in [0.25, 0.3) is 5.56 Å². The fourth-order valence-electron chi connectivity index (χ4n) is 3.45. The van der Waals surface area contributed by atoms with Crippen molar-refractivity contribution < 1.29 is 9.84 Å². The predicted molar refractivity (Wildman–Crippen MR) is 121 cm³/mol. The van der Waals surface area contributed by atoms with Crippen LogP contribution in [0.15, 0.2) is 40.2 Å². The molecule has 0 bridgehead atoms. The van der Waals surface area contributed by atoms with E-state index in [9.17, 15) is 14.7 Å². The second kappa shape index (κ2) is 9.70. The zero-order chi connectivity index (χ0) is 22.7. The number of aliphatic hydroxyl groups is 1. The number of aliphatic hydroxyl groups excluding tert-OH is 1. The third kappa shape index (κ3) is 5.37. The van der Waals surface area contributed by atoms with Crippen LogP contribution >= 0.6 is 11.6 Å². The van der Waals surface area contributed by atoms with Crippen LogP contribution in [-0.2, 0) is 19.6 Å². The highest BCUT2D eigenvalue weighted by molar-refractivity contribution is 6.30. The van der Waals surface area contributed by atoms with E-state index in [0.29, 0.717) is 40.9 Å². The Balaban J connectivity index is 1.95. The lowest BCUT2D eigenvalue weighted by atomic mass is 10.2. The van der Waals surface area contributed by atoms with Gasteiger partial charge in [0.15, 0.2) is 11.2 Å². The molecule has 1 unspecified atom stereocenters. The lowest BCUT2D eigenvalue weighted by molar-refractivity contribution is 0.0901. The molecule has 0 aliphatic heterocycles. The Morgan fingerprint density at radius 1 is 1.00 bits per heavy atom. The first kappa shape index (κ1) is 23.1. The van der Waals surface area contributed by atoms with Gasteiger partial charge in [0.2, 0.25) is 0 Å². The van der Waals surface area contributed by atoms with Crippen LogP contribution in [0.3, 0.4) is 0 Å². The summed E-state index contributed by atoms with van der Waals surface area (Å²) in [7, 11) is 0. The summed E-state index contributed by atoms with van der Waals surface area (Å²) in [6.07, 6.45) is 0.555. The molecular weight excluding hydrogens is 420 g/mol. The summed E-state index contributed by atoms with van der Waals surface area (Å²) in [6.45, 7) is 8.87. The standard InChI is InChI=1S/C22H29ClN4O4/c1-14(2)9-25-13-24-20-19(25)21(29)27(22(30)26(20)10-15(3)4)11-17(28)12-31-18-7-5-16(23)6-8-18/h5-8,13-15,17,28H,9-12H2,1-4H3. The molecule has 0 radical (unpaired) electrons. The van der Waals surface area contributed by atoms with Gasteiger partial charge >= 0.3 is 5.69 Å². The first-order valence-electron chi connectivity index (χ1n) is 10.4. The molecule has 3 aromatic rings. The molecule has 2 heterocycles. The van der Waals surface area contributed by atoms with Gasteiger partial charge in [-0.15, -0.1) is 0 Å². The third-order valence-electron chi connectivity index (χ3n) is 4.74. The van der Waals surface area contributed by atoms with Gasteiger partial charge in [0, 0.05) is 18.1 Å². The molecule has 0 amide bonds. The van der Waals surface area contributed by atoms with E-state index in [0.717, 1.165) is 4.57 Å². The molecule has 0 saturated heterocycles. The first-order chi connectivity index (χ1) is 14.7. The van der Waals surface area contributed by atoms with Crippen LogP contribution in [0.1, 0.15) is 27.7 Å². The van der Waals surface area contributed by atoms with E-state index in [1.54, 1.807) is 35.2 Å². The largest absolute Gasteiger partial charge is 0.491 e. The van der Waals surface area contributed by atoms with Crippen molar-refractivity contribution in [2.45, 2.75) is 53.4 Å². The molecule has 1 N–H and O–H groups in total. The maximum Gasteiger partial charge on any atom is 0.332 e. The lowest BCUT2D eigenvalue weighted by Gasteiger charge is -2.17. The van der Waals surface area contributed by atoms with Gasteiger partial charge in [-0.2, -0.15) is 0 Å². The second-order valence-corrected chi connectivity index (χ2v) is 9.02. The molecule has 1 atom stereocenters. The zero-order valence-electron chi connectivity index (χ0n) is 18.3. The molecule has 31 heavy (non-hydrogen) atoms. The van der Waals surface area contributed by atoms with Gasteiger partial charge in [-0.3, -0.25) is 13.9 Å². The number of ether oxygens (including phenoxy) is 1. The molecule has 8 nitrogen and oxygen atoms in total. The van der Waals surface area contributed by atoms with E-state index < -0.39 is 17.4 Å². The summed E-state index contributed by atoms with van der Waals surface area (Å²) in [6, 6.07) is 6.74. The molecule has 1 aromatic carbocycles. The third-order valence-corrected chi connectivity index (χ3v) is 4.99. The summed E-state index contributed by atoms with van der Waals surface area (Å²) in [5.41, 5.74) is -0.178. The monoisotopic (exact) mass is 448 g/mol. The molecule has 0 aliphatic rings. The van der Waals surface area contributed by atoms with E-state index in [-0.39, 0.29) is 19.1 Å². The fourth-order valence-corrected chi connectivity index (χ4v) is 3.57. The van der Waals surface area contributed by atoms with Crippen LogP contribution in [0, 0.1) is 11.8 Å². The quantitative estimate of drug-likeness (QED) is 0.543. The topological polar surface area (TPSA) is 91.3 Å². The average Bonchev–Trinajstić information content (AvgIpc) is 3.10. The molecule has 0 saturated carbocycles. The predicted octanol–water partition coefficient (Wildman–Crippen LogP) is 2.77. The van der Waals surface area contributed by atoms with Crippen LogP contribution in [0.4, 0.5) is 0 Å². The highest BCUT2D eigenvalue weighted by Gasteiger charge is 2.21. The minimum atomic E-state index is -1.05. The van der Waals surface area contributed by atoms with E-state index >= 15 is 0 Å². The molecule has 168 valence electrons. The van der Waals surface area contributed by atoms with Crippen molar-refractivity contribution >= 4 is 22.8 Å². The van der Waals surface area contributed by atoms with Crippen molar-refractivity contribution in [1.29, 1.82) is 0 Å². The highest BCUT2D eigenvalue weighted by atomic mass is 35.5. The fraction of sp³-hybridized carbons (Fsp3) is 0.500. The van der Waals surface area contributed by atoms with Gasteiger partial charge in [-0.25, -0.2) is 9.78 Å². The van der Waals surface area contributed by atoms with Crippen LogP contribution in [0.2, 0.25) is 5.02 Å². The minimum absolute atomic E-state index is 0.0685. The maximum atomic E-state index is 13.2. The normalized spacial score (nSPS) is 12.8. The Labute approximate surface area is 185 Å². The molecule has 2 aromatic heterocycles. The molecule has 0 spiro atoms. The number of halogens is 1. The SMILES string of the molecule is CC(C)Cn1cnc2c1c(=O)n(CC(O)COc1ccc(Cl)cc1)c(=O)n2CC(C)C. The van der Waals surface area contributed by atoms with Gasteiger partial charge in [-0.05, 0) is 36.1 Å². The van der Waals surface area contributed by atoms with Crippen LogP contribution in [0.25, 0.3) is 11.2 Å².